The van der Waals surface area contributed by atoms with Crippen LogP contribution in [0.2, 0.25) is 0 Å². The van der Waals surface area contributed by atoms with Crippen LogP contribution in [0.5, 0.6) is 0 Å². The van der Waals surface area contributed by atoms with Crippen molar-refractivity contribution in [2.24, 2.45) is 24.8 Å². The van der Waals surface area contributed by atoms with E-state index in [1.54, 1.807) is 0 Å². The summed E-state index contributed by atoms with van der Waals surface area (Å²) in [7, 11) is 1.88. The number of carbonyl (C=O) groups excluding carboxylic acids is 1. The number of aromatic amines is 1. The summed E-state index contributed by atoms with van der Waals surface area (Å²) in [6, 6.07) is 0. The van der Waals surface area contributed by atoms with Gasteiger partial charge in [-0.3, -0.25) is 9.89 Å². The monoisotopic (exact) mass is 266 g/mol. The van der Waals surface area contributed by atoms with E-state index in [0.717, 1.165) is 24.6 Å². The van der Waals surface area contributed by atoms with Crippen molar-refractivity contribution in [1.82, 2.24) is 20.1 Å². The summed E-state index contributed by atoms with van der Waals surface area (Å²) < 4.78 is 2.46. The zero-order chi connectivity index (χ0) is 12.7. The molecule has 1 aromatic rings. The van der Waals surface area contributed by atoms with E-state index in [1.807, 2.05) is 11.6 Å². The highest BCUT2D eigenvalue weighted by atomic mass is 32.1. The maximum atomic E-state index is 11.9. The second-order valence-corrected chi connectivity index (χ2v) is 5.78. The van der Waals surface area contributed by atoms with Crippen molar-refractivity contribution in [3.05, 3.63) is 10.6 Å². The third kappa shape index (κ3) is 2.34. The standard InChI is InChI=1S/C12H18N4OS/c1-16-10(14-15-12(16)18)4-5-13-11(17)9-6-8(9)7-2-3-7/h7-9H,2-6H2,1H3,(H,13,17)(H,15,18)/t8-,9-/m1/s1. The van der Waals surface area contributed by atoms with Gasteiger partial charge in [-0.25, -0.2) is 0 Å². The minimum atomic E-state index is 0.226. The van der Waals surface area contributed by atoms with Gasteiger partial charge in [0.1, 0.15) is 5.82 Å². The molecule has 2 saturated carbocycles. The molecule has 6 heteroatoms. The van der Waals surface area contributed by atoms with Crippen LogP contribution in [-0.4, -0.2) is 27.2 Å². The third-order valence-corrected chi connectivity index (χ3v) is 4.39. The summed E-state index contributed by atoms with van der Waals surface area (Å²) in [6.07, 6.45) is 4.48. The molecule has 18 heavy (non-hydrogen) atoms. The van der Waals surface area contributed by atoms with Crippen LogP contribution in [0.3, 0.4) is 0 Å². The number of H-pyrrole nitrogens is 1. The average Bonchev–Trinajstić information content (AvgIpc) is 3.23. The van der Waals surface area contributed by atoms with Gasteiger partial charge in [0, 0.05) is 25.9 Å². The number of aromatic nitrogens is 3. The predicted molar refractivity (Wildman–Crippen MR) is 69.4 cm³/mol. The summed E-state index contributed by atoms with van der Waals surface area (Å²) in [6.45, 7) is 0.639. The molecule has 1 amide bonds. The average molecular weight is 266 g/mol. The summed E-state index contributed by atoms with van der Waals surface area (Å²) in [4.78, 5) is 11.9. The van der Waals surface area contributed by atoms with Crippen LogP contribution in [0.4, 0.5) is 0 Å². The molecule has 98 valence electrons. The number of amides is 1. The lowest BCUT2D eigenvalue weighted by Crippen LogP contribution is -2.28. The Bertz CT molecular complexity index is 516. The molecule has 0 aliphatic heterocycles. The van der Waals surface area contributed by atoms with Crippen LogP contribution in [-0.2, 0) is 18.3 Å². The molecule has 1 aromatic heterocycles. The van der Waals surface area contributed by atoms with Gasteiger partial charge in [0.2, 0.25) is 5.91 Å². The van der Waals surface area contributed by atoms with Crippen LogP contribution in [0.1, 0.15) is 25.1 Å². The molecule has 0 radical (unpaired) electrons. The lowest BCUT2D eigenvalue weighted by atomic mass is 10.2. The van der Waals surface area contributed by atoms with Gasteiger partial charge in [-0.15, -0.1) is 0 Å². The first-order chi connectivity index (χ1) is 8.66. The van der Waals surface area contributed by atoms with Gasteiger partial charge in [-0.05, 0) is 43.3 Å². The zero-order valence-electron chi connectivity index (χ0n) is 10.5. The molecule has 2 aliphatic carbocycles. The van der Waals surface area contributed by atoms with Gasteiger partial charge in [-0.1, -0.05) is 0 Å². The molecule has 3 rings (SSSR count). The topological polar surface area (TPSA) is 62.7 Å². The molecule has 1 heterocycles. The van der Waals surface area contributed by atoms with E-state index in [2.05, 4.69) is 15.5 Å². The Kier molecular flexibility index (Phi) is 2.97. The van der Waals surface area contributed by atoms with Gasteiger partial charge in [0.15, 0.2) is 4.77 Å². The Labute approximate surface area is 111 Å². The molecular formula is C12H18N4OS. The van der Waals surface area contributed by atoms with E-state index < -0.39 is 0 Å². The maximum Gasteiger partial charge on any atom is 0.223 e. The molecule has 5 nitrogen and oxygen atoms in total. The molecule has 0 saturated heterocycles. The molecule has 0 aromatic carbocycles. The molecular weight excluding hydrogens is 248 g/mol. The highest BCUT2D eigenvalue weighted by Gasteiger charge is 2.50. The largest absolute Gasteiger partial charge is 0.355 e. The van der Waals surface area contributed by atoms with E-state index in [1.165, 1.54) is 12.8 Å². The molecule has 2 aliphatic rings. The highest BCUT2D eigenvalue weighted by molar-refractivity contribution is 7.71. The Morgan fingerprint density at radius 1 is 1.61 bits per heavy atom. The molecule has 2 N–H and O–H groups in total. The van der Waals surface area contributed by atoms with Crippen molar-refractivity contribution in [3.8, 4) is 0 Å². The number of hydrogen-bond acceptors (Lipinski definition) is 3. The van der Waals surface area contributed by atoms with Crippen LogP contribution < -0.4 is 5.32 Å². The fourth-order valence-electron chi connectivity index (χ4n) is 2.59. The lowest BCUT2D eigenvalue weighted by Gasteiger charge is -2.04. The SMILES string of the molecule is Cn1c(CCNC(=O)[C@@H]2C[C@@H]2C2CC2)n[nH]c1=S. The second-order valence-electron chi connectivity index (χ2n) is 5.39. The van der Waals surface area contributed by atoms with E-state index in [0.29, 0.717) is 23.2 Å². The Balaban J connectivity index is 1.43. The van der Waals surface area contributed by atoms with E-state index >= 15 is 0 Å². The molecule has 2 fully saturated rings. The minimum Gasteiger partial charge on any atom is -0.355 e. The number of hydrogen-bond donors (Lipinski definition) is 2. The van der Waals surface area contributed by atoms with Crippen molar-refractivity contribution >= 4 is 18.1 Å². The van der Waals surface area contributed by atoms with Gasteiger partial charge in [-0.2, -0.15) is 5.10 Å². The Hall–Kier alpha value is -1.17. The Morgan fingerprint density at radius 3 is 3.00 bits per heavy atom. The molecule has 0 bridgehead atoms. The van der Waals surface area contributed by atoms with E-state index in [4.69, 9.17) is 12.2 Å². The summed E-state index contributed by atoms with van der Waals surface area (Å²) in [5, 5.41) is 9.87. The smallest absolute Gasteiger partial charge is 0.223 e. The van der Waals surface area contributed by atoms with Crippen molar-refractivity contribution in [3.63, 3.8) is 0 Å². The van der Waals surface area contributed by atoms with Crippen molar-refractivity contribution in [2.45, 2.75) is 25.7 Å². The number of carbonyl (C=O) groups is 1. The zero-order valence-corrected chi connectivity index (χ0v) is 11.3. The summed E-state index contributed by atoms with van der Waals surface area (Å²) >= 11 is 5.04. The predicted octanol–water partition coefficient (Wildman–Crippen LogP) is 1.18. The van der Waals surface area contributed by atoms with Crippen LogP contribution in [0, 0.1) is 22.5 Å². The first kappa shape index (κ1) is 11.9. The maximum absolute atomic E-state index is 11.9. The van der Waals surface area contributed by atoms with E-state index in [-0.39, 0.29) is 5.91 Å². The second kappa shape index (κ2) is 4.50. The lowest BCUT2D eigenvalue weighted by molar-refractivity contribution is -0.122. The van der Waals surface area contributed by atoms with Crippen molar-refractivity contribution in [2.75, 3.05) is 6.54 Å². The fourth-order valence-corrected chi connectivity index (χ4v) is 2.74. The van der Waals surface area contributed by atoms with Crippen molar-refractivity contribution < 1.29 is 4.79 Å². The van der Waals surface area contributed by atoms with Crippen molar-refractivity contribution in [1.29, 1.82) is 0 Å². The fraction of sp³-hybridized carbons (Fsp3) is 0.750. The number of nitrogens with zero attached hydrogens (tertiary/aromatic N) is 2. The van der Waals surface area contributed by atoms with Crippen LogP contribution >= 0.6 is 12.2 Å². The minimum absolute atomic E-state index is 0.226. The molecule has 2 atom stereocenters. The van der Waals surface area contributed by atoms with E-state index in [9.17, 15) is 4.79 Å². The summed E-state index contributed by atoms with van der Waals surface area (Å²) in [5.41, 5.74) is 0. The normalized spacial score (nSPS) is 26.1. The third-order valence-electron chi connectivity index (χ3n) is 4.02. The first-order valence-electron chi connectivity index (χ1n) is 6.55. The van der Waals surface area contributed by atoms with Crippen LogP contribution in [0.15, 0.2) is 0 Å². The van der Waals surface area contributed by atoms with Gasteiger partial charge in [0.25, 0.3) is 0 Å². The van der Waals surface area contributed by atoms with Gasteiger partial charge in [0.05, 0.1) is 0 Å². The van der Waals surface area contributed by atoms with Gasteiger partial charge < -0.3 is 9.88 Å². The molecule has 0 unspecified atom stereocenters. The first-order valence-corrected chi connectivity index (χ1v) is 6.95. The highest BCUT2D eigenvalue weighted by Crippen LogP contribution is 2.54. The quantitative estimate of drug-likeness (QED) is 0.787. The van der Waals surface area contributed by atoms with Gasteiger partial charge >= 0.3 is 0 Å². The number of nitrogens with one attached hydrogen (secondary N) is 2. The Morgan fingerprint density at radius 2 is 2.39 bits per heavy atom. The molecule has 0 spiro atoms. The van der Waals surface area contributed by atoms with Crippen LogP contribution in [0.25, 0.3) is 0 Å². The summed E-state index contributed by atoms with van der Waals surface area (Å²) in [5.74, 6) is 2.94. The number of rotatable bonds is 5.